The average Bonchev–Trinajstić information content (AvgIpc) is 3.06. The predicted octanol–water partition coefficient (Wildman–Crippen LogP) is 2.41. The molecule has 0 saturated heterocycles. The number of benzene rings is 2. The average molecular weight is 310 g/mol. The molecule has 0 saturated carbocycles. The Morgan fingerprint density at radius 1 is 1.00 bits per heavy atom. The Hall–Kier alpha value is -2.86. The fourth-order valence-corrected chi connectivity index (χ4v) is 2.41. The van der Waals surface area contributed by atoms with Gasteiger partial charge in [-0.3, -0.25) is 0 Å². The highest BCUT2D eigenvalue weighted by Gasteiger charge is 2.15. The van der Waals surface area contributed by atoms with E-state index in [0.717, 1.165) is 34.1 Å². The zero-order chi connectivity index (χ0) is 16.2. The highest BCUT2D eigenvalue weighted by Crippen LogP contribution is 2.28. The van der Waals surface area contributed by atoms with E-state index >= 15 is 0 Å². The number of nitrogens with zero attached hydrogens (tertiary/aromatic N) is 3. The van der Waals surface area contributed by atoms with E-state index in [1.165, 1.54) is 0 Å². The van der Waals surface area contributed by atoms with Gasteiger partial charge in [0.25, 0.3) is 0 Å². The molecule has 0 aliphatic carbocycles. The third-order valence-electron chi connectivity index (χ3n) is 3.59. The summed E-state index contributed by atoms with van der Waals surface area (Å²) in [5.74, 6) is 1.55. The molecule has 1 heterocycles. The number of rotatable bonds is 5. The van der Waals surface area contributed by atoms with Gasteiger partial charge in [0, 0.05) is 18.2 Å². The number of hydrogen-bond donors (Lipinski definition) is 1. The van der Waals surface area contributed by atoms with Gasteiger partial charge in [-0.25, -0.2) is 4.68 Å². The Kier molecular flexibility index (Phi) is 4.25. The molecule has 3 aromatic rings. The number of nitrogens with two attached hydrogens (primary N) is 1. The van der Waals surface area contributed by atoms with Crippen LogP contribution in [-0.4, -0.2) is 29.2 Å². The minimum absolute atomic E-state index is 0.311. The van der Waals surface area contributed by atoms with E-state index in [-0.39, 0.29) is 0 Å². The zero-order valence-corrected chi connectivity index (χ0v) is 13.1. The van der Waals surface area contributed by atoms with Crippen molar-refractivity contribution in [3.8, 4) is 28.4 Å². The maximum absolute atomic E-state index is 5.83. The van der Waals surface area contributed by atoms with Crippen LogP contribution in [0.15, 0.2) is 48.5 Å². The van der Waals surface area contributed by atoms with Crippen LogP contribution < -0.4 is 15.2 Å². The molecule has 2 N–H and O–H groups in total. The smallest absolute Gasteiger partial charge is 0.121 e. The lowest BCUT2D eigenvalue weighted by Crippen LogP contribution is -2.03. The van der Waals surface area contributed by atoms with Gasteiger partial charge in [0.15, 0.2) is 0 Å². The van der Waals surface area contributed by atoms with Gasteiger partial charge in [-0.1, -0.05) is 11.3 Å². The molecule has 6 heteroatoms. The minimum Gasteiger partial charge on any atom is -0.497 e. The monoisotopic (exact) mass is 310 g/mol. The fourth-order valence-electron chi connectivity index (χ4n) is 2.41. The van der Waals surface area contributed by atoms with E-state index in [0.29, 0.717) is 6.54 Å². The summed E-state index contributed by atoms with van der Waals surface area (Å²) in [6.45, 7) is 0.311. The van der Waals surface area contributed by atoms with E-state index in [1.807, 2.05) is 48.5 Å². The second-order valence-corrected chi connectivity index (χ2v) is 4.93. The largest absolute Gasteiger partial charge is 0.497 e. The van der Waals surface area contributed by atoms with Crippen LogP contribution in [-0.2, 0) is 6.54 Å². The van der Waals surface area contributed by atoms with Crippen molar-refractivity contribution in [3.63, 3.8) is 0 Å². The molecule has 3 rings (SSSR count). The van der Waals surface area contributed by atoms with Crippen LogP contribution in [0.1, 0.15) is 5.69 Å². The molecule has 118 valence electrons. The third-order valence-corrected chi connectivity index (χ3v) is 3.59. The maximum atomic E-state index is 5.83. The molecule has 2 aromatic carbocycles. The van der Waals surface area contributed by atoms with Crippen LogP contribution in [0.25, 0.3) is 16.9 Å². The van der Waals surface area contributed by atoms with Gasteiger partial charge in [-0.15, -0.1) is 5.10 Å². The van der Waals surface area contributed by atoms with Crippen LogP contribution >= 0.6 is 0 Å². The van der Waals surface area contributed by atoms with E-state index in [4.69, 9.17) is 15.2 Å². The highest BCUT2D eigenvalue weighted by atomic mass is 16.5. The summed E-state index contributed by atoms with van der Waals surface area (Å²) in [5.41, 5.74) is 9.26. The molecule has 0 amide bonds. The van der Waals surface area contributed by atoms with Crippen molar-refractivity contribution in [1.29, 1.82) is 0 Å². The van der Waals surface area contributed by atoms with E-state index in [9.17, 15) is 0 Å². The molecule has 6 nitrogen and oxygen atoms in total. The Balaban J connectivity index is 2.12. The van der Waals surface area contributed by atoms with Gasteiger partial charge in [-0.05, 0) is 36.4 Å². The van der Waals surface area contributed by atoms with Gasteiger partial charge in [0.05, 0.1) is 25.6 Å². The lowest BCUT2D eigenvalue weighted by atomic mass is 10.1. The van der Waals surface area contributed by atoms with Crippen molar-refractivity contribution < 1.29 is 9.47 Å². The zero-order valence-electron chi connectivity index (χ0n) is 13.1. The number of ether oxygens (including phenoxy) is 2. The van der Waals surface area contributed by atoms with E-state index < -0.39 is 0 Å². The van der Waals surface area contributed by atoms with Crippen molar-refractivity contribution in [2.45, 2.75) is 6.54 Å². The van der Waals surface area contributed by atoms with Crippen molar-refractivity contribution in [2.24, 2.45) is 5.73 Å². The van der Waals surface area contributed by atoms with Gasteiger partial charge >= 0.3 is 0 Å². The van der Waals surface area contributed by atoms with Gasteiger partial charge < -0.3 is 15.2 Å². The van der Waals surface area contributed by atoms with E-state index in [2.05, 4.69) is 10.3 Å². The molecule has 23 heavy (non-hydrogen) atoms. The maximum Gasteiger partial charge on any atom is 0.121 e. The molecule has 0 spiro atoms. The summed E-state index contributed by atoms with van der Waals surface area (Å²) < 4.78 is 12.3. The summed E-state index contributed by atoms with van der Waals surface area (Å²) in [6, 6.07) is 15.4. The lowest BCUT2D eigenvalue weighted by Gasteiger charge is -2.10. The van der Waals surface area contributed by atoms with Crippen molar-refractivity contribution in [2.75, 3.05) is 14.2 Å². The summed E-state index contributed by atoms with van der Waals surface area (Å²) in [7, 11) is 3.28. The number of methoxy groups -OCH3 is 2. The predicted molar refractivity (Wildman–Crippen MR) is 87.8 cm³/mol. The lowest BCUT2D eigenvalue weighted by molar-refractivity contribution is 0.414. The second-order valence-electron chi connectivity index (χ2n) is 4.93. The standard InChI is InChI=1S/C17H18N4O2/c1-22-14-8-6-12(7-9-14)17-16(11-18)19-20-21(17)13-4-3-5-15(10-13)23-2/h3-10H,11,18H2,1-2H3. The molecule has 0 bridgehead atoms. The molecule has 0 aliphatic heterocycles. The first kappa shape index (κ1) is 15.1. The molecule has 0 aliphatic rings. The molecule has 0 atom stereocenters. The Morgan fingerprint density at radius 2 is 1.74 bits per heavy atom. The molecule has 1 aromatic heterocycles. The van der Waals surface area contributed by atoms with Crippen molar-refractivity contribution >= 4 is 0 Å². The van der Waals surface area contributed by atoms with Gasteiger partial charge in [-0.2, -0.15) is 0 Å². The van der Waals surface area contributed by atoms with Gasteiger partial charge in [0.2, 0.25) is 0 Å². The first-order valence-electron chi connectivity index (χ1n) is 7.20. The number of hydrogen-bond acceptors (Lipinski definition) is 5. The Labute approximate surface area is 134 Å². The quantitative estimate of drug-likeness (QED) is 0.783. The molecular formula is C17H18N4O2. The first-order chi connectivity index (χ1) is 11.3. The van der Waals surface area contributed by atoms with Crippen molar-refractivity contribution in [3.05, 3.63) is 54.2 Å². The summed E-state index contributed by atoms with van der Waals surface area (Å²) in [6.07, 6.45) is 0. The Morgan fingerprint density at radius 3 is 2.39 bits per heavy atom. The summed E-state index contributed by atoms with van der Waals surface area (Å²) in [5, 5.41) is 8.45. The molecular weight excluding hydrogens is 292 g/mol. The topological polar surface area (TPSA) is 75.2 Å². The summed E-state index contributed by atoms with van der Waals surface area (Å²) >= 11 is 0. The van der Waals surface area contributed by atoms with Crippen molar-refractivity contribution in [1.82, 2.24) is 15.0 Å². The third kappa shape index (κ3) is 2.89. The fraction of sp³-hybridized carbons (Fsp3) is 0.176. The van der Waals surface area contributed by atoms with Gasteiger partial charge in [0.1, 0.15) is 17.2 Å². The normalized spacial score (nSPS) is 10.6. The highest BCUT2D eigenvalue weighted by molar-refractivity contribution is 5.65. The second kappa shape index (κ2) is 6.50. The van der Waals surface area contributed by atoms with Crippen LogP contribution in [0, 0.1) is 0 Å². The van der Waals surface area contributed by atoms with Crippen LogP contribution in [0.3, 0.4) is 0 Å². The first-order valence-corrected chi connectivity index (χ1v) is 7.20. The van der Waals surface area contributed by atoms with Crippen LogP contribution in [0.5, 0.6) is 11.5 Å². The minimum atomic E-state index is 0.311. The van der Waals surface area contributed by atoms with Crippen LogP contribution in [0.4, 0.5) is 0 Å². The summed E-state index contributed by atoms with van der Waals surface area (Å²) in [4.78, 5) is 0. The number of aromatic nitrogens is 3. The molecule has 0 radical (unpaired) electrons. The van der Waals surface area contributed by atoms with Crippen LogP contribution in [0.2, 0.25) is 0 Å². The van der Waals surface area contributed by atoms with E-state index in [1.54, 1.807) is 18.9 Å². The SMILES string of the molecule is COc1ccc(-c2c(CN)nnn2-c2cccc(OC)c2)cc1. The Bertz CT molecular complexity index is 797. The molecule has 0 fully saturated rings. The molecule has 0 unspecified atom stereocenters.